The minimum Gasteiger partial charge on any atom is -0.378 e. The Bertz CT molecular complexity index is 890. The van der Waals surface area contributed by atoms with Crippen LogP contribution in [-0.2, 0) is 0 Å². The van der Waals surface area contributed by atoms with Gasteiger partial charge in [0.15, 0.2) is 0 Å². The molecular formula is C14H13N3O2. The lowest BCUT2D eigenvalue weighted by atomic mass is 10.1. The van der Waals surface area contributed by atoms with Crippen molar-refractivity contribution in [3.8, 4) is 0 Å². The number of aromatic nitrogens is 2. The maximum atomic E-state index is 11.8. The molecule has 0 atom stereocenters. The summed E-state index contributed by atoms with van der Waals surface area (Å²) in [5.41, 5.74) is 0.768. The molecule has 0 saturated heterocycles. The van der Waals surface area contributed by atoms with Crippen molar-refractivity contribution in [1.29, 1.82) is 0 Å². The van der Waals surface area contributed by atoms with E-state index in [1.807, 2.05) is 43.3 Å². The second kappa shape index (κ2) is 3.98. The number of hydrogen-bond acceptors (Lipinski definition) is 3. The van der Waals surface area contributed by atoms with Crippen molar-refractivity contribution in [1.82, 2.24) is 9.97 Å². The predicted octanol–water partition coefficient (Wildman–Crippen LogP) is 1.44. The molecule has 0 unspecified atom stereocenters. The van der Waals surface area contributed by atoms with Gasteiger partial charge in [-0.25, -0.2) is 4.79 Å². The average molecular weight is 255 g/mol. The molecule has 0 fully saturated rings. The lowest BCUT2D eigenvalue weighted by molar-refractivity contribution is 1.08. The van der Waals surface area contributed by atoms with Gasteiger partial charge in [0, 0.05) is 19.8 Å². The zero-order valence-corrected chi connectivity index (χ0v) is 10.7. The molecule has 0 bridgehead atoms. The second-order valence-electron chi connectivity index (χ2n) is 4.73. The van der Waals surface area contributed by atoms with E-state index in [2.05, 4.69) is 9.97 Å². The molecule has 1 aromatic heterocycles. The molecule has 0 saturated carbocycles. The smallest absolute Gasteiger partial charge is 0.326 e. The van der Waals surface area contributed by atoms with Crippen LogP contribution in [0.25, 0.3) is 21.7 Å². The number of nitrogens with one attached hydrogen (secondary N) is 2. The topological polar surface area (TPSA) is 69.0 Å². The van der Waals surface area contributed by atoms with E-state index in [0.717, 1.165) is 16.5 Å². The first-order chi connectivity index (χ1) is 9.04. The first-order valence-electron chi connectivity index (χ1n) is 5.92. The van der Waals surface area contributed by atoms with Crippen molar-refractivity contribution in [3.63, 3.8) is 0 Å². The van der Waals surface area contributed by atoms with Gasteiger partial charge < -0.3 is 9.88 Å². The molecule has 0 aliphatic rings. The van der Waals surface area contributed by atoms with Crippen LogP contribution in [0.1, 0.15) is 0 Å². The summed E-state index contributed by atoms with van der Waals surface area (Å²) < 4.78 is 0. The molecule has 0 aliphatic carbocycles. The molecule has 2 aromatic carbocycles. The molecule has 1 heterocycles. The standard InChI is InChI=1S/C14H13N3O2/c1-17(2)10-4-3-8-7-12-11(6-9(8)5-10)13(18)16-14(19)15-12/h3-7H,1-2H3,(H2,15,16,18,19). The number of H-pyrrole nitrogens is 2. The number of nitrogens with zero attached hydrogens (tertiary/aromatic N) is 1. The van der Waals surface area contributed by atoms with Crippen LogP contribution in [0.15, 0.2) is 39.9 Å². The van der Waals surface area contributed by atoms with E-state index in [0.29, 0.717) is 10.9 Å². The van der Waals surface area contributed by atoms with Crippen molar-refractivity contribution in [2.45, 2.75) is 0 Å². The highest BCUT2D eigenvalue weighted by atomic mass is 16.2. The Labute approximate surface area is 108 Å². The van der Waals surface area contributed by atoms with Crippen LogP contribution in [-0.4, -0.2) is 24.1 Å². The molecule has 0 radical (unpaired) electrons. The Morgan fingerprint density at radius 3 is 2.47 bits per heavy atom. The van der Waals surface area contributed by atoms with Gasteiger partial charge in [0.2, 0.25) is 0 Å². The van der Waals surface area contributed by atoms with Crippen LogP contribution in [0.3, 0.4) is 0 Å². The van der Waals surface area contributed by atoms with Crippen molar-refractivity contribution < 1.29 is 0 Å². The third-order valence-corrected chi connectivity index (χ3v) is 3.20. The van der Waals surface area contributed by atoms with Gasteiger partial charge in [0.05, 0.1) is 10.9 Å². The van der Waals surface area contributed by atoms with Crippen molar-refractivity contribution >= 4 is 27.4 Å². The van der Waals surface area contributed by atoms with E-state index < -0.39 is 5.69 Å². The Balaban J connectivity index is 2.42. The molecule has 2 N–H and O–H groups in total. The highest BCUT2D eigenvalue weighted by molar-refractivity contribution is 5.97. The third-order valence-electron chi connectivity index (χ3n) is 3.20. The molecule has 0 spiro atoms. The summed E-state index contributed by atoms with van der Waals surface area (Å²) in [7, 11) is 3.93. The van der Waals surface area contributed by atoms with Gasteiger partial charge in [-0.05, 0) is 35.0 Å². The SMILES string of the molecule is CN(C)c1ccc2cc3[nH]c(=O)[nH]c(=O)c3cc2c1. The number of aromatic amines is 2. The van der Waals surface area contributed by atoms with Gasteiger partial charge in [0.25, 0.3) is 5.56 Å². The van der Waals surface area contributed by atoms with Gasteiger partial charge in [-0.2, -0.15) is 0 Å². The fraction of sp³-hybridized carbons (Fsp3) is 0.143. The fourth-order valence-corrected chi connectivity index (χ4v) is 2.18. The Hall–Kier alpha value is -2.56. The molecule has 96 valence electrons. The molecule has 19 heavy (non-hydrogen) atoms. The summed E-state index contributed by atoms with van der Waals surface area (Å²) in [4.78, 5) is 29.9. The van der Waals surface area contributed by atoms with Crippen LogP contribution in [0, 0.1) is 0 Å². The fourth-order valence-electron chi connectivity index (χ4n) is 2.18. The molecular weight excluding hydrogens is 242 g/mol. The quantitative estimate of drug-likeness (QED) is 0.646. The van der Waals surface area contributed by atoms with E-state index in [-0.39, 0.29) is 5.56 Å². The van der Waals surface area contributed by atoms with E-state index in [4.69, 9.17) is 0 Å². The zero-order chi connectivity index (χ0) is 13.6. The number of rotatable bonds is 1. The van der Waals surface area contributed by atoms with Gasteiger partial charge in [0.1, 0.15) is 0 Å². The van der Waals surface area contributed by atoms with Crippen LogP contribution in [0.4, 0.5) is 5.69 Å². The monoisotopic (exact) mass is 255 g/mol. The van der Waals surface area contributed by atoms with E-state index >= 15 is 0 Å². The average Bonchev–Trinajstić information content (AvgIpc) is 2.36. The molecule has 5 nitrogen and oxygen atoms in total. The normalized spacial score (nSPS) is 11.1. The summed E-state index contributed by atoms with van der Waals surface area (Å²) in [5.74, 6) is 0. The number of anilines is 1. The van der Waals surface area contributed by atoms with E-state index in [1.54, 1.807) is 6.07 Å². The van der Waals surface area contributed by atoms with Crippen LogP contribution in [0.2, 0.25) is 0 Å². The van der Waals surface area contributed by atoms with Crippen molar-refractivity contribution in [2.24, 2.45) is 0 Å². The first-order valence-corrected chi connectivity index (χ1v) is 5.92. The summed E-state index contributed by atoms with van der Waals surface area (Å²) in [5, 5.41) is 2.44. The van der Waals surface area contributed by atoms with Crippen LogP contribution >= 0.6 is 0 Å². The molecule has 0 amide bonds. The maximum Gasteiger partial charge on any atom is 0.326 e. The van der Waals surface area contributed by atoms with Gasteiger partial charge in [-0.15, -0.1) is 0 Å². The lowest BCUT2D eigenvalue weighted by Gasteiger charge is -2.13. The Morgan fingerprint density at radius 1 is 0.947 bits per heavy atom. The minimum atomic E-state index is -0.484. The van der Waals surface area contributed by atoms with Gasteiger partial charge in [-0.1, -0.05) is 6.07 Å². The number of fused-ring (bicyclic) bond motifs is 2. The zero-order valence-electron chi connectivity index (χ0n) is 10.7. The van der Waals surface area contributed by atoms with Gasteiger partial charge in [-0.3, -0.25) is 9.78 Å². The maximum absolute atomic E-state index is 11.8. The minimum absolute atomic E-state index is 0.365. The third kappa shape index (κ3) is 1.89. The lowest BCUT2D eigenvalue weighted by Crippen LogP contribution is -2.21. The second-order valence-corrected chi connectivity index (χ2v) is 4.73. The number of benzene rings is 2. The highest BCUT2D eigenvalue weighted by Crippen LogP contribution is 2.23. The Kier molecular flexibility index (Phi) is 2.41. The van der Waals surface area contributed by atoms with E-state index in [1.165, 1.54) is 0 Å². The highest BCUT2D eigenvalue weighted by Gasteiger charge is 2.04. The number of hydrogen-bond donors (Lipinski definition) is 2. The summed E-state index contributed by atoms with van der Waals surface area (Å²) in [6, 6.07) is 9.61. The Morgan fingerprint density at radius 2 is 1.74 bits per heavy atom. The summed E-state index contributed by atoms with van der Waals surface area (Å²) in [6.45, 7) is 0. The van der Waals surface area contributed by atoms with E-state index in [9.17, 15) is 9.59 Å². The molecule has 0 aliphatic heterocycles. The van der Waals surface area contributed by atoms with Crippen LogP contribution < -0.4 is 16.1 Å². The first kappa shape index (κ1) is 11.5. The summed E-state index contributed by atoms with van der Waals surface area (Å²) >= 11 is 0. The summed E-state index contributed by atoms with van der Waals surface area (Å²) in [6.07, 6.45) is 0. The van der Waals surface area contributed by atoms with Gasteiger partial charge >= 0.3 is 5.69 Å². The molecule has 5 heteroatoms. The van der Waals surface area contributed by atoms with Crippen LogP contribution in [0.5, 0.6) is 0 Å². The molecule has 3 aromatic rings. The predicted molar refractivity (Wildman–Crippen MR) is 77.0 cm³/mol. The molecule has 3 rings (SSSR count). The van der Waals surface area contributed by atoms with Crippen molar-refractivity contribution in [3.05, 3.63) is 51.2 Å². The largest absolute Gasteiger partial charge is 0.378 e. The van der Waals surface area contributed by atoms with Crippen molar-refractivity contribution in [2.75, 3.05) is 19.0 Å².